The number of ether oxygens (including phenoxy) is 1. The summed E-state index contributed by atoms with van der Waals surface area (Å²) < 4.78 is 32.5. The fourth-order valence-corrected chi connectivity index (χ4v) is 4.40. The monoisotopic (exact) mass is 417 g/mol. The molecule has 0 bridgehead atoms. The van der Waals surface area contributed by atoms with Crippen LogP contribution in [0, 0.1) is 6.92 Å². The maximum Gasteiger partial charge on any atom is 0.264 e. The summed E-state index contributed by atoms with van der Waals surface area (Å²) in [6.45, 7) is 6.23. The molecule has 0 unspecified atom stereocenters. The highest BCUT2D eigenvalue weighted by Crippen LogP contribution is 2.25. The highest BCUT2D eigenvalue weighted by Gasteiger charge is 2.25. The molecule has 0 saturated carbocycles. The summed E-state index contributed by atoms with van der Waals surface area (Å²) in [4.78, 5) is 15.2. The second-order valence-corrected chi connectivity index (χ2v) is 8.98. The molecule has 1 aliphatic rings. The predicted molar refractivity (Wildman–Crippen MR) is 113 cm³/mol. The number of nitrogens with one attached hydrogen (secondary N) is 1. The van der Waals surface area contributed by atoms with Gasteiger partial charge in [0, 0.05) is 33.2 Å². The van der Waals surface area contributed by atoms with Gasteiger partial charge < -0.3 is 10.1 Å². The standard InChI is InChI=1S/C21H27N3O4S/c1-17-7-9-18(10-8-17)29(26,27)23(2)20-6-4-3-5-19(20)21(25)22-11-12-24-13-15-28-16-14-24/h3-10H,11-16H2,1-2H3,(H,22,25). The summed E-state index contributed by atoms with van der Waals surface area (Å²) >= 11 is 0. The molecule has 1 saturated heterocycles. The van der Waals surface area contributed by atoms with E-state index in [0.717, 1.165) is 29.5 Å². The van der Waals surface area contributed by atoms with E-state index in [-0.39, 0.29) is 10.8 Å². The molecule has 1 amide bonds. The molecule has 3 rings (SSSR count). The lowest BCUT2D eigenvalue weighted by molar-refractivity contribution is 0.0383. The third-order valence-electron chi connectivity index (χ3n) is 4.98. The predicted octanol–water partition coefficient (Wildman–Crippen LogP) is 1.88. The molecule has 1 N–H and O–H groups in total. The van der Waals surface area contributed by atoms with Crippen LogP contribution in [0.5, 0.6) is 0 Å². The lowest BCUT2D eigenvalue weighted by Gasteiger charge is -2.26. The minimum absolute atomic E-state index is 0.188. The average Bonchev–Trinajstić information content (AvgIpc) is 2.74. The van der Waals surface area contributed by atoms with Crippen molar-refractivity contribution in [1.29, 1.82) is 0 Å². The Hall–Kier alpha value is -2.42. The van der Waals surface area contributed by atoms with Gasteiger partial charge in [-0.05, 0) is 31.2 Å². The van der Waals surface area contributed by atoms with Crippen LogP contribution in [0.1, 0.15) is 15.9 Å². The lowest BCUT2D eigenvalue weighted by Crippen LogP contribution is -2.41. The van der Waals surface area contributed by atoms with Gasteiger partial charge in [0.15, 0.2) is 0 Å². The molecular formula is C21H27N3O4S. The third kappa shape index (κ3) is 5.14. The molecule has 156 valence electrons. The zero-order chi connectivity index (χ0) is 20.9. The van der Waals surface area contributed by atoms with Crippen molar-refractivity contribution in [3.05, 3.63) is 59.7 Å². The van der Waals surface area contributed by atoms with Crippen LogP contribution >= 0.6 is 0 Å². The van der Waals surface area contributed by atoms with Crippen molar-refractivity contribution in [2.45, 2.75) is 11.8 Å². The molecule has 1 aliphatic heterocycles. The van der Waals surface area contributed by atoms with Crippen LogP contribution < -0.4 is 9.62 Å². The van der Waals surface area contributed by atoms with Crippen LogP contribution in [-0.4, -0.2) is 65.7 Å². The number of nitrogens with zero attached hydrogens (tertiary/aromatic N) is 2. The van der Waals surface area contributed by atoms with Gasteiger partial charge in [0.25, 0.3) is 15.9 Å². The van der Waals surface area contributed by atoms with Crippen LogP contribution in [-0.2, 0) is 14.8 Å². The summed E-state index contributed by atoms with van der Waals surface area (Å²) in [7, 11) is -2.30. The molecule has 1 heterocycles. The Morgan fingerprint density at radius 3 is 2.45 bits per heavy atom. The topological polar surface area (TPSA) is 79.0 Å². The number of sulfonamides is 1. The number of para-hydroxylation sites is 1. The van der Waals surface area contributed by atoms with Crippen molar-refractivity contribution in [3.8, 4) is 0 Å². The summed E-state index contributed by atoms with van der Waals surface area (Å²) in [6.07, 6.45) is 0. The Bertz CT molecular complexity index is 939. The highest BCUT2D eigenvalue weighted by molar-refractivity contribution is 7.92. The van der Waals surface area contributed by atoms with Gasteiger partial charge in [0.1, 0.15) is 0 Å². The van der Waals surface area contributed by atoms with Crippen molar-refractivity contribution in [1.82, 2.24) is 10.2 Å². The number of amides is 1. The van der Waals surface area contributed by atoms with Crippen molar-refractivity contribution < 1.29 is 17.9 Å². The summed E-state index contributed by atoms with van der Waals surface area (Å²) in [6, 6.07) is 13.4. The first-order chi connectivity index (χ1) is 13.9. The maximum absolute atomic E-state index is 13.0. The van der Waals surface area contributed by atoms with Crippen LogP contribution in [0.25, 0.3) is 0 Å². The minimum atomic E-state index is -3.77. The first-order valence-corrected chi connectivity index (χ1v) is 11.1. The van der Waals surface area contributed by atoms with E-state index in [1.807, 2.05) is 6.92 Å². The largest absolute Gasteiger partial charge is 0.379 e. The van der Waals surface area contributed by atoms with Crippen molar-refractivity contribution >= 4 is 21.6 Å². The maximum atomic E-state index is 13.0. The Morgan fingerprint density at radius 2 is 1.76 bits per heavy atom. The number of morpholine rings is 1. The van der Waals surface area contributed by atoms with Gasteiger partial charge >= 0.3 is 0 Å². The van der Waals surface area contributed by atoms with E-state index >= 15 is 0 Å². The molecule has 0 radical (unpaired) electrons. The molecule has 0 spiro atoms. The van der Waals surface area contributed by atoms with Gasteiger partial charge in [-0.3, -0.25) is 14.0 Å². The number of anilines is 1. The SMILES string of the molecule is Cc1ccc(S(=O)(=O)N(C)c2ccccc2C(=O)NCCN2CCOCC2)cc1. The molecule has 8 heteroatoms. The fourth-order valence-electron chi connectivity index (χ4n) is 3.19. The quantitative estimate of drug-likeness (QED) is 0.744. The van der Waals surface area contributed by atoms with Crippen molar-refractivity contribution in [2.75, 3.05) is 50.7 Å². The third-order valence-corrected chi connectivity index (χ3v) is 6.77. The number of benzene rings is 2. The number of carbonyl (C=O) groups is 1. The lowest BCUT2D eigenvalue weighted by atomic mass is 10.1. The van der Waals surface area contributed by atoms with Crippen LogP contribution in [0.4, 0.5) is 5.69 Å². The second kappa shape index (κ2) is 9.39. The molecular weight excluding hydrogens is 390 g/mol. The second-order valence-electron chi connectivity index (χ2n) is 7.01. The van der Waals surface area contributed by atoms with E-state index in [2.05, 4.69) is 10.2 Å². The minimum Gasteiger partial charge on any atom is -0.379 e. The number of carbonyl (C=O) groups excluding carboxylic acids is 1. The fraction of sp³-hybridized carbons (Fsp3) is 0.381. The molecule has 0 aromatic heterocycles. The van der Waals surface area contributed by atoms with Crippen molar-refractivity contribution in [2.24, 2.45) is 0 Å². The normalized spacial score (nSPS) is 15.1. The summed E-state index contributed by atoms with van der Waals surface area (Å²) in [5, 5.41) is 2.90. The highest BCUT2D eigenvalue weighted by atomic mass is 32.2. The van der Waals surface area contributed by atoms with E-state index in [9.17, 15) is 13.2 Å². The van der Waals surface area contributed by atoms with Gasteiger partial charge in [-0.25, -0.2) is 8.42 Å². The van der Waals surface area contributed by atoms with Crippen LogP contribution in [0.3, 0.4) is 0 Å². The Kier molecular flexibility index (Phi) is 6.89. The summed E-state index contributed by atoms with van der Waals surface area (Å²) in [5.74, 6) is -0.292. The van der Waals surface area contributed by atoms with Crippen LogP contribution in [0.2, 0.25) is 0 Å². The Balaban J connectivity index is 1.73. The first-order valence-electron chi connectivity index (χ1n) is 9.62. The first kappa shape index (κ1) is 21.3. The zero-order valence-electron chi connectivity index (χ0n) is 16.8. The number of hydrogen-bond donors (Lipinski definition) is 1. The van der Waals surface area contributed by atoms with Gasteiger partial charge in [-0.2, -0.15) is 0 Å². The Labute approximate surface area is 172 Å². The zero-order valence-corrected chi connectivity index (χ0v) is 17.6. The van der Waals surface area contributed by atoms with Gasteiger partial charge in [0.2, 0.25) is 0 Å². The Morgan fingerprint density at radius 1 is 1.10 bits per heavy atom. The number of hydrogen-bond acceptors (Lipinski definition) is 5. The molecule has 29 heavy (non-hydrogen) atoms. The van der Waals surface area contributed by atoms with E-state index in [1.165, 1.54) is 7.05 Å². The van der Waals surface area contributed by atoms with E-state index in [1.54, 1.807) is 48.5 Å². The number of rotatable bonds is 7. The molecule has 0 atom stereocenters. The molecule has 1 fully saturated rings. The smallest absolute Gasteiger partial charge is 0.264 e. The molecule has 2 aromatic carbocycles. The number of aryl methyl sites for hydroxylation is 1. The summed E-state index contributed by atoms with van der Waals surface area (Å²) in [5.41, 5.74) is 1.65. The van der Waals surface area contributed by atoms with E-state index in [0.29, 0.717) is 31.0 Å². The van der Waals surface area contributed by atoms with Crippen LogP contribution in [0.15, 0.2) is 53.4 Å². The van der Waals surface area contributed by atoms with E-state index in [4.69, 9.17) is 4.74 Å². The van der Waals surface area contributed by atoms with Gasteiger partial charge in [0.05, 0.1) is 29.4 Å². The van der Waals surface area contributed by atoms with Gasteiger partial charge in [-0.1, -0.05) is 29.8 Å². The van der Waals surface area contributed by atoms with Gasteiger partial charge in [-0.15, -0.1) is 0 Å². The van der Waals surface area contributed by atoms with Crippen molar-refractivity contribution in [3.63, 3.8) is 0 Å². The molecule has 7 nitrogen and oxygen atoms in total. The molecule has 0 aliphatic carbocycles. The molecule has 2 aromatic rings. The van der Waals surface area contributed by atoms with E-state index < -0.39 is 10.0 Å². The average molecular weight is 418 g/mol.